The zero-order valence-corrected chi connectivity index (χ0v) is 9.55. The van der Waals surface area contributed by atoms with Gasteiger partial charge >= 0.3 is 0 Å². The lowest BCUT2D eigenvalue weighted by molar-refractivity contribution is -0.127. The maximum atomic E-state index is 11.7. The average Bonchev–Trinajstić information content (AvgIpc) is 1.99. The summed E-state index contributed by atoms with van der Waals surface area (Å²) < 4.78 is 0. The summed E-state index contributed by atoms with van der Waals surface area (Å²) in [6.07, 6.45) is 1.01. The van der Waals surface area contributed by atoms with Crippen molar-refractivity contribution in [3.8, 4) is 0 Å². The lowest BCUT2D eigenvalue weighted by atomic mass is 9.85. The second-order valence-corrected chi connectivity index (χ2v) is 4.30. The number of rotatable bonds is 5. The smallest absolute Gasteiger partial charge is 0.223 e. The zero-order chi connectivity index (χ0) is 10.4. The quantitative estimate of drug-likeness (QED) is 0.700. The Morgan fingerprint density at radius 1 is 1.15 bits per heavy atom. The molecule has 0 heterocycles. The van der Waals surface area contributed by atoms with Crippen LogP contribution in [0.5, 0.6) is 0 Å². The number of hydrogen-bond acceptors (Lipinski definition) is 1. The lowest BCUT2D eigenvalue weighted by Crippen LogP contribution is -2.36. The molecule has 0 aliphatic heterocycles. The molecule has 2 heteroatoms. The maximum absolute atomic E-state index is 11.7. The monoisotopic (exact) mass is 185 g/mol. The van der Waals surface area contributed by atoms with Crippen molar-refractivity contribution >= 4 is 5.91 Å². The van der Waals surface area contributed by atoms with Crippen LogP contribution < -0.4 is 5.32 Å². The summed E-state index contributed by atoms with van der Waals surface area (Å²) in [6, 6.07) is 0. The van der Waals surface area contributed by atoms with E-state index in [-0.39, 0.29) is 11.8 Å². The van der Waals surface area contributed by atoms with Crippen LogP contribution in [0.4, 0.5) is 0 Å². The van der Waals surface area contributed by atoms with Crippen molar-refractivity contribution in [2.45, 2.75) is 41.0 Å². The first kappa shape index (κ1) is 12.5. The molecule has 0 atom stereocenters. The van der Waals surface area contributed by atoms with E-state index in [2.05, 4.69) is 39.9 Å². The van der Waals surface area contributed by atoms with Gasteiger partial charge < -0.3 is 5.32 Å². The second kappa shape index (κ2) is 6.01. The van der Waals surface area contributed by atoms with Gasteiger partial charge in [0.2, 0.25) is 5.91 Å². The van der Waals surface area contributed by atoms with E-state index in [9.17, 15) is 4.79 Å². The van der Waals surface area contributed by atoms with Crippen molar-refractivity contribution < 1.29 is 4.79 Å². The molecule has 1 N–H and O–H groups in total. The first-order valence-corrected chi connectivity index (χ1v) is 5.28. The van der Waals surface area contributed by atoms with Crippen molar-refractivity contribution in [2.75, 3.05) is 6.54 Å². The van der Waals surface area contributed by atoms with Crippen LogP contribution in [-0.4, -0.2) is 12.5 Å². The molecule has 0 rings (SSSR count). The number of hydrogen-bond donors (Lipinski definition) is 1. The van der Waals surface area contributed by atoms with Gasteiger partial charge in [-0.25, -0.2) is 0 Å². The number of carbonyl (C=O) groups excluding carboxylic acids is 1. The second-order valence-electron chi connectivity index (χ2n) is 4.30. The molecule has 0 saturated heterocycles. The Bertz CT molecular complexity index is 144. The molecular weight excluding hydrogens is 162 g/mol. The highest BCUT2D eigenvalue weighted by molar-refractivity contribution is 5.79. The Labute approximate surface area is 82.1 Å². The summed E-state index contributed by atoms with van der Waals surface area (Å²) in [5.41, 5.74) is 0. The van der Waals surface area contributed by atoms with Crippen LogP contribution in [0.15, 0.2) is 0 Å². The predicted molar refractivity (Wildman–Crippen MR) is 56.5 cm³/mol. The van der Waals surface area contributed by atoms with Gasteiger partial charge in [0.15, 0.2) is 0 Å². The fourth-order valence-electron chi connectivity index (χ4n) is 1.74. The number of carbonyl (C=O) groups is 1. The molecule has 0 aromatic heterocycles. The summed E-state index contributed by atoms with van der Waals surface area (Å²) in [5.74, 6) is 1.23. The Hall–Kier alpha value is -0.530. The SMILES string of the molecule is CCCNC(=O)C(C(C)C)C(C)C. The molecule has 0 spiro atoms. The fourth-order valence-corrected chi connectivity index (χ4v) is 1.74. The Kier molecular flexibility index (Phi) is 5.76. The molecule has 0 aliphatic rings. The highest BCUT2D eigenvalue weighted by atomic mass is 16.1. The summed E-state index contributed by atoms with van der Waals surface area (Å²) in [4.78, 5) is 11.7. The summed E-state index contributed by atoms with van der Waals surface area (Å²) in [5, 5.41) is 2.96. The summed E-state index contributed by atoms with van der Waals surface area (Å²) in [7, 11) is 0. The Morgan fingerprint density at radius 3 is 1.92 bits per heavy atom. The van der Waals surface area contributed by atoms with Gasteiger partial charge in [-0.2, -0.15) is 0 Å². The minimum Gasteiger partial charge on any atom is -0.356 e. The zero-order valence-electron chi connectivity index (χ0n) is 9.55. The molecular formula is C11H23NO. The minimum atomic E-state index is 0.159. The van der Waals surface area contributed by atoms with Crippen LogP contribution in [0.3, 0.4) is 0 Å². The van der Waals surface area contributed by atoms with Gasteiger partial charge in [0.25, 0.3) is 0 Å². The van der Waals surface area contributed by atoms with Gasteiger partial charge in [-0.3, -0.25) is 4.79 Å². The van der Waals surface area contributed by atoms with Crippen molar-refractivity contribution in [1.29, 1.82) is 0 Å². The molecule has 0 aromatic carbocycles. The van der Waals surface area contributed by atoms with E-state index >= 15 is 0 Å². The van der Waals surface area contributed by atoms with Crippen LogP contribution in [0.2, 0.25) is 0 Å². The Morgan fingerprint density at radius 2 is 1.62 bits per heavy atom. The van der Waals surface area contributed by atoms with Crippen molar-refractivity contribution in [3.63, 3.8) is 0 Å². The van der Waals surface area contributed by atoms with Gasteiger partial charge in [0.1, 0.15) is 0 Å². The van der Waals surface area contributed by atoms with Gasteiger partial charge in [-0.1, -0.05) is 34.6 Å². The van der Waals surface area contributed by atoms with Crippen LogP contribution in [-0.2, 0) is 4.79 Å². The first-order chi connectivity index (χ1) is 6.00. The minimum absolute atomic E-state index is 0.159. The topological polar surface area (TPSA) is 29.1 Å². The molecule has 1 amide bonds. The fraction of sp³-hybridized carbons (Fsp3) is 0.909. The largest absolute Gasteiger partial charge is 0.356 e. The van der Waals surface area contributed by atoms with Crippen molar-refractivity contribution in [2.24, 2.45) is 17.8 Å². The van der Waals surface area contributed by atoms with E-state index in [1.165, 1.54) is 0 Å². The third-order valence-corrected chi connectivity index (χ3v) is 2.29. The highest BCUT2D eigenvalue weighted by Gasteiger charge is 2.24. The third kappa shape index (κ3) is 4.30. The molecule has 0 fully saturated rings. The lowest BCUT2D eigenvalue weighted by Gasteiger charge is -2.23. The van der Waals surface area contributed by atoms with Crippen LogP contribution >= 0.6 is 0 Å². The molecule has 2 nitrogen and oxygen atoms in total. The van der Waals surface area contributed by atoms with Crippen molar-refractivity contribution in [1.82, 2.24) is 5.32 Å². The van der Waals surface area contributed by atoms with Gasteiger partial charge in [0.05, 0.1) is 0 Å². The Balaban J connectivity index is 4.13. The maximum Gasteiger partial charge on any atom is 0.223 e. The van der Waals surface area contributed by atoms with Crippen LogP contribution in [0.1, 0.15) is 41.0 Å². The van der Waals surface area contributed by atoms with Gasteiger partial charge in [-0.15, -0.1) is 0 Å². The molecule has 0 aromatic rings. The standard InChI is InChI=1S/C11H23NO/c1-6-7-12-11(13)10(8(2)3)9(4)5/h8-10H,6-7H2,1-5H3,(H,12,13). The van der Waals surface area contributed by atoms with E-state index < -0.39 is 0 Å². The molecule has 0 bridgehead atoms. The number of amides is 1. The number of nitrogens with one attached hydrogen (secondary N) is 1. The summed E-state index contributed by atoms with van der Waals surface area (Å²) in [6.45, 7) is 11.3. The van der Waals surface area contributed by atoms with Crippen LogP contribution in [0.25, 0.3) is 0 Å². The molecule has 0 radical (unpaired) electrons. The molecule has 0 aliphatic carbocycles. The van der Waals surface area contributed by atoms with E-state index in [1.54, 1.807) is 0 Å². The first-order valence-electron chi connectivity index (χ1n) is 5.28. The van der Waals surface area contributed by atoms with Crippen LogP contribution in [0, 0.1) is 17.8 Å². The van der Waals surface area contributed by atoms with Crippen molar-refractivity contribution in [3.05, 3.63) is 0 Å². The van der Waals surface area contributed by atoms with E-state index in [0.29, 0.717) is 11.8 Å². The summed E-state index contributed by atoms with van der Waals surface area (Å²) >= 11 is 0. The van der Waals surface area contributed by atoms with Gasteiger partial charge in [-0.05, 0) is 18.3 Å². The normalized spacial score (nSPS) is 11.4. The molecule has 13 heavy (non-hydrogen) atoms. The van der Waals surface area contributed by atoms with E-state index in [4.69, 9.17) is 0 Å². The average molecular weight is 185 g/mol. The van der Waals surface area contributed by atoms with E-state index in [1.807, 2.05) is 0 Å². The third-order valence-electron chi connectivity index (χ3n) is 2.29. The molecule has 78 valence electrons. The molecule has 0 unspecified atom stereocenters. The van der Waals surface area contributed by atoms with Gasteiger partial charge in [0, 0.05) is 12.5 Å². The molecule has 0 saturated carbocycles. The predicted octanol–water partition coefficient (Wildman–Crippen LogP) is 2.44. The highest BCUT2D eigenvalue weighted by Crippen LogP contribution is 2.20. The van der Waals surface area contributed by atoms with E-state index in [0.717, 1.165) is 13.0 Å².